The van der Waals surface area contributed by atoms with Crippen LogP contribution in [0.2, 0.25) is 5.02 Å². The molecule has 106 valence electrons. The van der Waals surface area contributed by atoms with Crippen molar-refractivity contribution in [2.24, 2.45) is 0 Å². The first-order valence-corrected chi connectivity index (χ1v) is 7.25. The molecule has 0 bridgehead atoms. The molecule has 0 radical (unpaired) electrons. The summed E-state index contributed by atoms with van der Waals surface area (Å²) >= 11 is 6.23. The van der Waals surface area contributed by atoms with E-state index in [1.54, 1.807) is 0 Å². The van der Waals surface area contributed by atoms with Gasteiger partial charge in [-0.15, -0.1) is 0 Å². The minimum Gasteiger partial charge on any atom is -0.380 e. The first-order valence-electron chi connectivity index (χ1n) is 6.88. The summed E-state index contributed by atoms with van der Waals surface area (Å²) in [5.74, 6) is 0.900. The lowest BCUT2D eigenvalue weighted by Crippen LogP contribution is -2.31. The third kappa shape index (κ3) is 4.06. The highest BCUT2D eigenvalue weighted by Gasteiger charge is 2.21. The van der Waals surface area contributed by atoms with E-state index in [4.69, 9.17) is 16.3 Å². The van der Waals surface area contributed by atoms with Crippen LogP contribution in [0.1, 0.15) is 25.5 Å². The predicted octanol–water partition coefficient (Wildman–Crippen LogP) is 2.78. The van der Waals surface area contributed by atoms with E-state index in [0.717, 1.165) is 55.7 Å². The quantitative estimate of drug-likeness (QED) is 0.871. The van der Waals surface area contributed by atoms with Crippen LogP contribution in [0.3, 0.4) is 0 Å². The van der Waals surface area contributed by atoms with Gasteiger partial charge in [-0.2, -0.15) is 0 Å². The van der Waals surface area contributed by atoms with Crippen LogP contribution in [-0.2, 0) is 11.3 Å². The summed E-state index contributed by atoms with van der Waals surface area (Å²) in [6, 6.07) is 4.33. The van der Waals surface area contributed by atoms with E-state index in [-0.39, 0.29) is 0 Å². The van der Waals surface area contributed by atoms with Crippen molar-refractivity contribution in [3.05, 3.63) is 22.8 Å². The Labute approximate surface area is 120 Å². The van der Waals surface area contributed by atoms with Crippen LogP contribution >= 0.6 is 11.6 Å². The van der Waals surface area contributed by atoms with Crippen molar-refractivity contribution in [1.82, 2.24) is 9.88 Å². The van der Waals surface area contributed by atoms with E-state index in [2.05, 4.69) is 29.2 Å². The number of aromatic nitrogens is 1. The van der Waals surface area contributed by atoms with Crippen LogP contribution in [0, 0.1) is 0 Å². The molecule has 1 unspecified atom stereocenters. The van der Waals surface area contributed by atoms with Crippen LogP contribution < -0.4 is 5.32 Å². The molecule has 1 fully saturated rings. The highest BCUT2D eigenvalue weighted by molar-refractivity contribution is 6.31. The maximum atomic E-state index is 6.23. The molecule has 19 heavy (non-hydrogen) atoms. The van der Waals surface area contributed by atoms with E-state index in [9.17, 15) is 0 Å². The predicted molar refractivity (Wildman–Crippen MR) is 78.7 cm³/mol. The number of rotatable bonds is 6. The molecular weight excluding hydrogens is 262 g/mol. The van der Waals surface area contributed by atoms with Crippen LogP contribution in [0.5, 0.6) is 0 Å². The lowest BCUT2D eigenvalue weighted by molar-refractivity contribution is 0.156. The van der Waals surface area contributed by atoms with Gasteiger partial charge in [-0.3, -0.25) is 4.90 Å². The summed E-state index contributed by atoms with van der Waals surface area (Å²) in [5.41, 5.74) is 0.928. The lowest BCUT2D eigenvalue weighted by Gasteiger charge is -2.23. The third-order valence-electron chi connectivity index (χ3n) is 3.40. The average Bonchev–Trinajstić information content (AvgIpc) is 2.93. The smallest absolute Gasteiger partial charge is 0.126 e. The molecule has 0 aliphatic carbocycles. The molecule has 1 aromatic rings. The molecule has 2 rings (SSSR count). The fourth-order valence-corrected chi connectivity index (χ4v) is 2.35. The second-order valence-corrected chi connectivity index (χ2v) is 5.39. The Morgan fingerprint density at radius 2 is 2.37 bits per heavy atom. The Bertz CT molecular complexity index is 408. The number of hydrogen-bond donors (Lipinski definition) is 1. The van der Waals surface area contributed by atoms with Crippen molar-refractivity contribution >= 4 is 17.4 Å². The molecule has 2 heterocycles. The van der Waals surface area contributed by atoms with Gasteiger partial charge < -0.3 is 10.1 Å². The number of nitrogens with zero attached hydrogens (tertiary/aromatic N) is 2. The molecular formula is C14H22ClN3O. The summed E-state index contributed by atoms with van der Waals surface area (Å²) in [5, 5.41) is 4.02. The molecule has 0 aromatic carbocycles. The van der Waals surface area contributed by atoms with E-state index < -0.39 is 0 Å². The summed E-state index contributed by atoms with van der Waals surface area (Å²) in [6.07, 6.45) is 2.17. The molecule has 1 aromatic heterocycles. The van der Waals surface area contributed by atoms with E-state index in [1.807, 2.05) is 12.1 Å². The molecule has 1 atom stereocenters. The van der Waals surface area contributed by atoms with Crippen molar-refractivity contribution in [3.8, 4) is 0 Å². The molecule has 1 aliphatic rings. The molecule has 5 heteroatoms. The van der Waals surface area contributed by atoms with Crippen LogP contribution in [-0.4, -0.2) is 42.7 Å². The topological polar surface area (TPSA) is 37.4 Å². The first-order chi connectivity index (χ1) is 9.20. The molecule has 0 saturated carbocycles. The van der Waals surface area contributed by atoms with Crippen LogP contribution in [0.4, 0.5) is 5.82 Å². The summed E-state index contributed by atoms with van der Waals surface area (Å²) in [4.78, 5) is 6.86. The van der Waals surface area contributed by atoms with Crippen molar-refractivity contribution in [1.29, 1.82) is 0 Å². The Morgan fingerprint density at radius 3 is 3.05 bits per heavy atom. The average molecular weight is 284 g/mol. The van der Waals surface area contributed by atoms with Gasteiger partial charge in [-0.1, -0.05) is 18.5 Å². The maximum Gasteiger partial charge on any atom is 0.126 e. The largest absolute Gasteiger partial charge is 0.380 e. The van der Waals surface area contributed by atoms with Gasteiger partial charge in [-0.25, -0.2) is 4.98 Å². The first kappa shape index (κ1) is 14.6. The molecule has 1 N–H and O–H groups in total. The number of nitrogens with one attached hydrogen (secondary N) is 1. The van der Waals surface area contributed by atoms with Gasteiger partial charge in [0.1, 0.15) is 5.82 Å². The van der Waals surface area contributed by atoms with Crippen molar-refractivity contribution < 1.29 is 4.74 Å². The van der Waals surface area contributed by atoms with Gasteiger partial charge in [0.05, 0.1) is 17.3 Å². The monoisotopic (exact) mass is 283 g/mol. The van der Waals surface area contributed by atoms with Gasteiger partial charge in [0.25, 0.3) is 0 Å². The highest BCUT2D eigenvalue weighted by atomic mass is 35.5. The zero-order valence-electron chi connectivity index (χ0n) is 11.7. The summed E-state index contributed by atoms with van der Waals surface area (Å²) < 4.78 is 5.42. The van der Waals surface area contributed by atoms with E-state index in [1.165, 1.54) is 0 Å². The van der Waals surface area contributed by atoms with Gasteiger partial charge in [0.15, 0.2) is 0 Å². The minimum absolute atomic E-state index is 0.477. The Balaban J connectivity index is 2.01. The fraction of sp³-hybridized carbons (Fsp3) is 0.643. The standard InChI is InChI=1S/C14H22ClN3O/c1-3-7-16-14-5-4-12(15)13(17-14)9-18(2)11-6-8-19-10-11/h4-5,11H,3,6-10H2,1-2H3,(H,16,17). The Hall–Kier alpha value is -0.840. The van der Waals surface area contributed by atoms with Gasteiger partial charge in [0.2, 0.25) is 0 Å². The molecule has 4 nitrogen and oxygen atoms in total. The number of halogens is 1. The maximum absolute atomic E-state index is 6.23. The summed E-state index contributed by atoms with van der Waals surface area (Å²) in [6.45, 7) is 5.49. The molecule has 1 aliphatic heterocycles. The van der Waals surface area contributed by atoms with Gasteiger partial charge in [-0.05, 0) is 32.0 Å². The number of anilines is 1. The van der Waals surface area contributed by atoms with Gasteiger partial charge in [0, 0.05) is 25.7 Å². The Kier molecular flexibility index (Phi) is 5.43. The van der Waals surface area contributed by atoms with Crippen LogP contribution in [0.15, 0.2) is 12.1 Å². The van der Waals surface area contributed by atoms with Crippen molar-refractivity contribution in [2.45, 2.75) is 32.4 Å². The summed E-state index contributed by atoms with van der Waals surface area (Å²) in [7, 11) is 2.10. The highest BCUT2D eigenvalue weighted by Crippen LogP contribution is 2.20. The fourth-order valence-electron chi connectivity index (χ4n) is 2.18. The van der Waals surface area contributed by atoms with Crippen LogP contribution in [0.25, 0.3) is 0 Å². The Morgan fingerprint density at radius 1 is 1.53 bits per heavy atom. The second kappa shape index (κ2) is 7.08. The molecule has 1 saturated heterocycles. The normalized spacial score (nSPS) is 19.1. The zero-order chi connectivity index (χ0) is 13.7. The number of ether oxygens (including phenoxy) is 1. The van der Waals surface area contributed by atoms with Crippen molar-refractivity contribution in [3.63, 3.8) is 0 Å². The number of pyridine rings is 1. The zero-order valence-corrected chi connectivity index (χ0v) is 12.4. The van der Waals surface area contributed by atoms with Gasteiger partial charge >= 0.3 is 0 Å². The van der Waals surface area contributed by atoms with E-state index in [0.29, 0.717) is 6.04 Å². The second-order valence-electron chi connectivity index (χ2n) is 4.98. The number of hydrogen-bond acceptors (Lipinski definition) is 4. The molecule has 0 amide bonds. The molecule has 0 spiro atoms. The minimum atomic E-state index is 0.477. The number of likely N-dealkylation sites (N-methyl/N-ethyl adjacent to an activating group) is 1. The third-order valence-corrected chi connectivity index (χ3v) is 3.75. The van der Waals surface area contributed by atoms with E-state index >= 15 is 0 Å². The SMILES string of the molecule is CCCNc1ccc(Cl)c(CN(C)C2CCOC2)n1. The lowest BCUT2D eigenvalue weighted by atomic mass is 10.2. The van der Waals surface area contributed by atoms with Crippen molar-refractivity contribution in [2.75, 3.05) is 32.1 Å².